The molecule has 0 amide bonds. The van der Waals surface area contributed by atoms with E-state index in [0.717, 1.165) is 43.5 Å². The maximum atomic E-state index is 13.0. The average molecular weight is 384 g/mol. The van der Waals surface area contributed by atoms with Crippen molar-refractivity contribution in [3.8, 4) is 5.75 Å². The molecule has 8 nitrogen and oxygen atoms in total. The summed E-state index contributed by atoms with van der Waals surface area (Å²) in [5.74, 6) is 0.397. The van der Waals surface area contributed by atoms with Crippen LogP contribution in [0.15, 0.2) is 33.9 Å². The number of ketones is 1. The number of benzene rings is 1. The van der Waals surface area contributed by atoms with E-state index in [1.807, 2.05) is 24.3 Å². The van der Waals surface area contributed by atoms with Crippen molar-refractivity contribution in [1.29, 1.82) is 0 Å². The molecule has 0 spiro atoms. The molecular weight excluding hydrogens is 360 g/mol. The molecule has 1 aromatic carbocycles. The molecule has 1 aromatic heterocycles. The highest BCUT2D eigenvalue weighted by molar-refractivity contribution is 6.01. The Hall–Kier alpha value is -2.87. The number of likely N-dealkylation sites (tertiary alicyclic amines) is 1. The number of rotatable bonds is 6. The van der Waals surface area contributed by atoms with Crippen LogP contribution in [-0.2, 0) is 0 Å². The third-order valence-electron chi connectivity index (χ3n) is 5.56. The number of nitrogens with one attached hydrogen (secondary N) is 1. The van der Waals surface area contributed by atoms with Crippen LogP contribution in [0.1, 0.15) is 53.7 Å². The molecule has 1 aliphatic heterocycles. The Kier molecular flexibility index (Phi) is 4.80. The van der Waals surface area contributed by atoms with Gasteiger partial charge in [-0.05, 0) is 49.9 Å². The summed E-state index contributed by atoms with van der Waals surface area (Å²) >= 11 is 0. The molecule has 28 heavy (non-hydrogen) atoms. The Bertz CT molecular complexity index is 1020. The molecular formula is C20H24N4O4. The van der Waals surface area contributed by atoms with Gasteiger partial charge in [-0.25, -0.2) is 4.79 Å². The van der Waals surface area contributed by atoms with E-state index in [2.05, 4.69) is 9.88 Å². The topological polar surface area (TPSA) is 110 Å². The molecule has 8 heteroatoms. The Labute approximate surface area is 161 Å². The molecule has 1 aliphatic carbocycles. The lowest BCUT2D eigenvalue weighted by Gasteiger charge is -2.24. The van der Waals surface area contributed by atoms with Crippen LogP contribution >= 0.6 is 0 Å². The molecule has 1 saturated heterocycles. The second-order valence-corrected chi connectivity index (χ2v) is 7.45. The lowest BCUT2D eigenvalue weighted by atomic mass is 10.0. The molecule has 148 valence electrons. The van der Waals surface area contributed by atoms with Crippen molar-refractivity contribution < 1.29 is 9.53 Å². The van der Waals surface area contributed by atoms with E-state index in [1.54, 1.807) is 7.11 Å². The van der Waals surface area contributed by atoms with Crippen molar-refractivity contribution in [2.45, 2.75) is 37.8 Å². The highest BCUT2D eigenvalue weighted by atomic mass is 16.5. The molecule has 1 atom stereocenters. The first-order chi connectivity index (χ1) is 13.5. The zero-order chi connectivity index (χ0) is 19.8. The van der Waals surface area contributed by atoms with Gasteiger partial charge in [-0.3, -0.25) is 24.0 Å². The van der Waals surface area contributed by atoms with Crippen molar-refractivity contribution in [1.82, 2.24) is 14.5 Å². The summed E-state index contributed by atoms with van der Waals surface area (Å²) in [5, 5.41) is 0. The van der Waals surface area contributed by atoms with E-state index in [4.69, 9.17) is 10.5 Å². The number of nitrogen functional groups attached to an aromatic ring is 1. The number of carbonyl (C=O) groups is 1. The van der Waals surface area contributed by atoms with Crippen LogP contribution in [0.3, 0.4) is 0 Å². The Morgan fingerprint density at radius 3 is 2.79 bits per heavy atom. The lowest BCUT2D eigenvalue weighted by Crippen LogP contribution is -2.39. The van der Waals surface area contributed by atoms with Gasteiger partial charge in [0.05, 0.1) is 13.7 Å². The largest absolute Gasteiger partial charge is 0.497 e. The van der Waals surface area contributed by atoms with Gasteiger partial charge in [0.2, 0.25) is 0 Å². The first kappa shape index (κ1) is 18.5. The van der Waals surface area contributed by atoms with Crippen molar-refractivity contribution in [3.63, 3.8) is 0 Å². The summed E-state index contributed by atoms with van der Waals surface area (Å²) in [6.45, 7) is 0.839. The number of anilines is 1. The minimum Gasteiger partial charge on any atom is -0.497 e. The maximum Gasteiger partial charge on any atom is 0.330 e. The zero-order valence-corrected chi connectivity index (χ0v) is 15.8. The second-order valence-electron chi connectivity index (χ2n) is 7.45. The maximum absolute atomic E-state index is 13.0. The van der Waals surface area contributed by atoms with E-state index >= 15 is 0 Å². The summed E-state index contributed by atoms with van der Waals surface area (Å²) in [5.41, 5.74) is 5.79. The highest BCUT2D eigenvalue weighted by Gasteiger charge is 2.32. The van der Waals surface area contributed by atoms with E-state index in [-0.39, 0.29) is 35.8 Å². The summed E-state index contributed by atoms with van der Waals surface area (Å²) in [7, 11) is 1.62. The number of H-pyrrole nitrogens is 1. The van der Waals surface area contributed by atoms with Gasteiger partial charge in [-0.1, -0.05) is 12.1 Å². The van der Waals surface area contributed by atoms with Crippen LogP contribution in [0.2, 0.25) is 0 Å². The predicted octanol–water partition coefficient (Wildman–Crippen LogP) is 1.48. The minimum absolute atomic E-state index is 0.0154. The minimum atomic E-state index is -0.707. The highest BCUT2D eigenvalue weighted by Crippen LogP contribution is 2.36. The first-order valence-electron chi connectivity index (χ1n) is 9.55. The summed E-state index contributed by atoms with van der Waals surface area (Å²) in [4.78, 5) is 41.6. The first-order valence-corrected chi connectivity index (χ1v) is 9.55. The number of Topliss-reactive ketones (excluding diaryl/α,β-unsaturated/α-hetero) is 1. The van der Waals surface area contributed by atoms with Gasteiger partial charge < -0.3 is 10.5 Å². The van der Waals surface area contributed by atoms with E-state index in [1.165, 1.54) is 4.57 Å². The van der Waals surface area contributed by atoms with Crippen molar-refractivity contribution in [2.75, 3.05) is 25.9 Å². The fourth-order valence-electron chi connectivity index (χ4n) is 4.04. The smallest absolute Gasteiger partial charge is 0.330 e. The van der Waals surface area contributed by atoms with Crippen LogP contribution < -0.4 is 21.7 Å². The summed E-state index contributed by atoms with van der Waals surface area (Å²) in [6, 6.07) is 7.86. The molecule has 2 aromatic rings. The van der Waals surface area contributed by atoms with Gasteiger partial charge in [-0.2, -0.15) is 0 Å². The van der Waals surface area contributed by atoms with E-state index < -0.39 is 11.2 Å². The standard InChI is InChI=1S/C20H24N4O4/c1-28-14-5-2-4-12(10-14)15-6-3-9-23(15)11-16(25)17-18(21)24(13-7-8-13)20(27)22-19(17)26/h2,4-5,10,13,15H,3,6-9,11,21H2,1H3,(H,22,26,27)/t15-/m0/s1. The molecule has 1 saturated carbocycles. The van der Waals surface area contributed by atoms with Crippen LogP contribution in [-0.4, -0.2) is 40.4 Å². The number of aromatic amines is 1. The molecule has 3 N–H and O–H groups in total. The fourth-order valence-corrected chi connectivity index (χ4v) is 4.04. The third-order valence-corrected chi connectivity index (χ3v) is 5.56. The van der Waals surface area contributed by atoms with Crippen LogP contribution in [0, 0.1) is 0 Å². The summed E-state index contributed by atoms with van der Waals surface area (Å²) < 4.78 is 6.65. The van der Waals surface area contributed by atoms with Gasteiger partial charge >= 0.3 is 5.69 Å². The number of hydrogen-bond donors (Lipinski definition) is 2. The molecule has 4 rings (SSSR count). The van der Waals surface area contributed by atoms with Gasteiger partial charge in [-0.15, -0.1) is 0 Å². The molecule has 2 aliphatic rings. The van der Waals surface area contributed by atoms with Crippen molar-refractivity contribution in [3.05, 3.63) is 56.2 Å². The van der Waals surface area contributed by atoms with Crippen LogP contribution in [0.25, 0.3) is 0 Å². The Balaban J connectivity index is 1.60. The average Bonchev–Trinajstić information content (AvgIpc) is 3.39. The van der Waals surface area contributed by atoms with Crippen LogP contribution in [0.4, 0.5) is 5.82 Å². The number of ether oxygens (including phenoxy) is 1. The lowest BCUT2D eigenvalue weighted by molar-refractivity contribution is 0.0920. The van der Waals surface area contributed by atoms with E-state index in [0.29, 0.717) is 0 Å². The second kappa shape index (κ2) is 7.27. The molecule has 0 radical (unpaired) electrons. The SMILES string of the molecule is COc1cccc([C@@H]2CCCN2CC(=O)c2c(N)n(C3CC3)c(=O)[nH]c2=O)c1. The van der Waals surface area contributed by atoms with Crippen LogP contribution in [0.5, 0.6) is 5.75 Å². The quantitative estimate of drug-likeness (QED) is 0.730. The normalized spacial score (nSPS) is 19.7. The van der Waals surface area contributed by atoms with Crippen molar-refractivity contribution >= 4 is 11.6 Å². The number of methoxy groups -OCH3 is 1. The summed E-state index contributed by atoms with van der Waals surface area (Å²) in [6.07, 6.45) is 3.54. The number of nitrogens with two attached hydrogens (primary N) is 1. The number of nitrogens with zero attached hydrogens (tertiary/aromatic N) is 2. The number of carbonyl (C=O) groups excluding carboxylic acids is 1. The molecule has 0 unspecified atom stereocenters. The predicted molar refractivity (Wildman–Crippen MR) is 105 cm³/mol. The Morgan fingerprint density at radius 1 is 1.29 bits per heavy atom. The molecule has 2 heterocycles. The number of hydrogen-bond acceptors (Lipinski definition) is 6. The molecule has 0 bridgehead atoms. The fraction of sp³-hybridized carbons (Fsp3) is 0.450. The zero-order valence-electron chi connectivity index (χ0n) is 15.8. The van der Waals surface area contributed by atoms with Gasteiger partial charge in [0.25, 0.3) is 5.56 Å². The van der Waals surface area contributed by atoms with Crippen molar-refractivity contribution in [2.24, 2.45) is 0 Å². The van der Waals surface area contributed by atoms with Gasteiger partial charge in [0.1, 0.15) is 17.1 Å². The van der Waals surface area contributed by atoms with Gasteiger partial charge in [0, 0.05) is 12.1 Å². The van der Waals surface area contributed by atoms with Gasteiger partial charge in [0.15, 0.2) is 5.78 Å². The monoisotopic (exact) mass is 384 g/mol. The third kappa shape index (κ3) is 3.35. The Morgan fingerprint density at radius 2 is 2.07 bits per heavy atom. The number of aromatic nitrogens is 2. The van der Waals surface area contributed by atoms with E-state index in [9.17, 15) is 14.4 Å². The molecule has 2 fully saturated rings.